The second-order valence-electron chi connectivity index (χ2n) is 3.55. The van der Waals surface area contributed by atoms with Gasteiger partial charge in [0.25, 0.3) is 5.91 Å². The van der Waals surface area contributed by atoms with E-state index in [0.717, 1.165) is 3.79 Å². The smallest absolute Gasteiger partial charge is 0.303 e. The van der Waals surface area contributed by atoms with Gasteiger partial charge in [-0.2, -0.15) is 0 Å². The van der Waals surface area contributed by atoms with Crippen molar-refractivity contribution in [2.24, 2.45) is 5.92 Å². The van der Waals surface area contributed by atoms with Crippen molar-refractivity contribution in [3.8, 4) is 0 Å². The van der Waals surface area contributed by atoms with Crippen LogP contribution in [0.25, 0.3) is 0 Å². The number of amides is 1. The van der Waals surface area contributed by atoms with Crippen LogP contribution in [0.3, 0.4) is 0 Å². The lowest BCUT2D eigenvalue weighted by atomic mass is 10.1. The van der Waals surface area contributed by atoms with Crippen molar-refractivity contribution < 1.29 is 14.7 Å². The molecule has 0 bridgehead atoms. The van der Waals surface area contributed by atoms with Crippen LogP contribution in [0.1, 0.15) is 23.7 Å². The maximum absolute atomic E-state index is 11.6. The van der Waals surface area contributed by atoms with Gasteiger partial charge >= 0.3 is 5.97 Å². The van der Waals surface area contributed by atoms with Gasteiger partial charge in [0, 0.05) is 18.3 Å². The highest BCUT2D eigenvalue weighted by Gasteiger charge is 2.11. The van der Waals surface area contributed by atoms with Crippen LogP contribution in [0, 0.1) is 5.92 Å². The predicted octanol–water partition coefficient (Wildman–Crippen LogP) is 2.35. The summed E-state index contributed by atoms with van der Waals surface area (Å²) in [6.45, 7) is 2.16. The van der Waals surface area contributed by atoms with E-state index < -0.39 is 5.97 Å². The Morgan fingerprint density at radius 3 is 2.81 bits per heavy atom. The van der Waals surface area contributed by atoms with Gasteiger partial charge in [-0.3, -0.25) is 9.59 Å². The maximum Gasteiger partial charge on any atom is 0.303 e. The fourth-order valence-corrected chi connectivity index (χ4v) is 2.31. The van der Waals surface area contributed by atoms with Crippen LogP contribution in [0.5, 0.6) is 0 Å². The van der Waals surface area contributed by atoms with Gasteiger partial charge in [0.15, 0.2) is 0 Å². The van der Waals surface area contributed by atoms with E-state index in [9.17, 15) is 9.59 Å². The topological polar surface area (TPSA) is 66.4 Å². The highest BCUT2D eigenvalue weighted by molar-refractivity contribution is 9.11. The van der Waals surface area contributed by atoms with Crippen molar-refractivity contribution in [3.05, 3.63) is 20.8 Å². The molecule has 1 aromatic rings. The molecule has 1 rings (SSSR count). The number of carbonyl (C=O) groups excluding carboxylic acids is 1. The molecule has 16 heavy (non-hydrogen) atoms. The number of hydrogen-bond acceptors (Lipinski definition) is 3. The highest BCUT2D eigenvalue weighted by Crippen LogP contribution is 2.20. The normalized spacial score (nSPS) is 12.1. The molecule has 1 unspecified atom stereocenters. The fraction of sp³-hybridized carbons (Fsp3) is 0.400. The van der Waals surface area contributed by atoms with Gasteiger partial charge < -0.3 is 10.4 Å². The molecule has 0 aliphatic carbocycles. The zero-order chi connectivity index (χ0) is 12.1. The van der Waals surface area contributed by atoms with Crippen molar-refractivity contribution in [2.45, 2.75) is 13.3 Å². The van der Waals surface area contributed by atoms with Gasteiger partial charge in [0.1, 0.15) is 0 Å². The number of thiophene rings is 1. The molecule has 4 nitrogen and oxygen atoms in total. The van der Waals surface area contributed by atoms with E-state index in [1.807, 2.05) is 0 Å². The summed E-state index contributed by atoms with van der Waals surface area (Å²) in [4.78, 5) is 22.0. The summed E-state index contributed by atoms with van der Waals surface area (Å²) in [5, 5.41) is 13.0. The largest absolute Gasteiger partial charge is 0.481 e. The Morgan fingerprint density at radius 1 is 1.62 bits per heavy atom. The Balaban J connectivity index is 2.38. The van der Waals surface area contributed by atoms with Crippen molar-refractivity contribution in [2.75, 3.05) is 6.54 Å². The number of carboxylic acid groups (broad SMARTS) is 1. The SMILES string of the molecule is CC(CNC(=O)c1csc(Br)c1)CC(=O)O. The molecule has 0 radical (unpaired) electrons. The standard InChI is InChI=1S/C10H12BrNO3S/c1-6(2-9(13)14)4-12-10(15)7-3-8(11)16-5-7/h3,5-6H,2,4H2,1H3,(H,12,15)(H,13,14). The second kappa shape index (κ2) is 6.00. The van der Waals surface area contributed by atoms with Crippen molar-refractivity contribution in [1.82, 2.24) is 5.32 Å². The summed E-state index contributed by atoms with van der Waals surface area (Å²) in [5.41, 5.74) is 0.597. The number of nitrogens with one attached hydrogen (secondary N) is 1. The minimum absolute atomic E-state index is 0.0631. The molecule has 0 aliphatic heterocycles. The van der Waals surface area contributed by atoms with E-state index in [1.54, 1.807) is 18.4 Å². The average molecular weight is 306 g/mol. The second-order valence-corrected chi connectivity index (χ2v) is 5.84. The third kappa shape index (κ3) is 4.32. The van der Waals surface area contributed by atoms with E-state index in [2.05, 4.69) is 21.2 Å². The molecule has 0 saturated heterocycles. The number of carbonyl (C=O) groups is 2. The minimum atomic E-state index is -0.847. The molecule has 2 N–H and O–H groups in total. The van der Waals surface area contributed by atoms with Crippen LogP contribution in [-0.2, 0) is 4.79 Å². The Morgan fingerprint density at radius 2 is 2.31 bits per heavy atom. The van der Waals surface area contributed by atoms with Crippen LogP contribution in [0.15, 0.2) is 15.2 Å². The molecule has 0 fully saturated rings. The summed E-state index contributed by atoms with van der Waals surface area (Å²) in [7, 11) is 0. The van der Waals surface area contributed by atoms with Crippen LogP contribution in [0.4, 0.5) is 0 Å². The van der Waals surface area contributed by atoms with Gasteiger partial charge in [0.05, 0.1) is 9.35 Å². The number of carboxylic acids is 1. The van der Waals surface area contributed by atoms with E-state index in [4.69, 9.17) is 5.11 Å². The van der Waals surface area contributed by atoms with Crippen molar-refractivity contribution in [3.63, 3.8) is 0 Å². The summed E-state index contributed by atoms with van der Waals surface area (Å²) in [5.74, 6) is -1.08. The van der Waals surface area contributed by atoms with Gasteiger partial charge in [0.2, 0.25) is 0 Å². The molecule has 1 aromatic heterocycles. The molecule has 0 aliphatic rings. The quantitative estimate of drug-likeness (QED) is 0.877. The number of halogens is 1. The Kier molecular flexibility index (Phi) is 4.95. The van der Waals surface area contributed by atoms with E-state index >= 15 is 0 Å². The van der Waals surface area contributed by atoms with Gasteiger partial charge in [-0.25, -0.2) is 0 Å². The van der Waals surface area contributed by atoms with Crippen LogP contribution in [-0.4, -0.2) is 23.5 Å². The fourth-order valence-electron chi connectivity index (χ4n) is 1.17. The van der Waals surface area contributed by atoms with Crippen molar-refractivity contribution in [1.29, 1.82) is 0 Å². The molecule has 1 atom stereocenters. The molecule has 1 heterocycles. The maximum atomic E-state index is 11.6. The number of hydrogen-bond donors (Lipinski definition) is 2. The van der Waals surface area contributed by atoms with Gasteiger partial charge in [-0.1, -0.05) is 6.92 Å². The Labute approximate surface area is 106 Å². The molecule has 0 saturated carbocycles. The van der Waals surface area contributed by atoms with E-state index in [0.29, 0.717) is 12.1 Å². The number of aliphatic carboxylic acids is 1. The number of rotatable bonds is 5. The zero-order valence-corrected chi connectivity index (χ0v) is 11.1. The first-order valence-corrected chi connectivity index (χ1v) is 6.40. The lowest BCUT2D eigenvalue weighted by Crippen LogP contribution is -2.28. The first-order chi connectivity index (χ1) is 7.49. The summed E-state index contributed by atoms with van der Waals surface area (Å²) in [6, 6.07) is 1.74. The third-order valence-electron chi connectivity index (χ3n) is 1.96. The first-order valence-electron chi connectivity index (χ1n) is 4.73. The van der Waals surface area contributed by atoms with Crippen molar-refractivity contribution >= 4 is 39.1 Å². The Hall–Kier alpha value is -0.880. The first kappa shape index (κ1) is 13.2. The highest BCUT2D eigenvalue weighted by atomic mass is 79.9. The van der Waals surface area contributed by atoms with Gasteiger partial charge in [-0.05, 0) is 27.9 Å². The molecule has 0 spiro atoms. The molecule has 6 heteroatoms. The Bertz CT molecular complexity index is 391. The average Bonchev–Trinajstić information content (AvgIpc) is 2.60. The molecule has 1 amide bonds. The molecular weight excluding hydrogens is 294 g/mol. The van der Waals surface area contributed by atoms with Crippen LogP contribution >= 0.6 is 27.3 Å². The minimum Gasteiger partial charge on any atom is -0.481 e. The zero-order valence-electron chi connectivity index (χ0n) is 8.70. The molecular formula is C10H12BrNO3S. The van der Waals surface area contributed by atoms with E-state index in [1.165, 1.54) is 11.3 Å². The monoisotopic (exact) mass is 305 g/mol. The summed E-state index contributed by atoms with van der Waals surface area (Å²) < 4.78 is 0.899. The van der Waals surface area contributed by atoms with Gasteiger partial charge in [-0.15, -0.1) is 11.3 Å². The molecule has 0 aromatic carbocycles. The van der Waals surface area contributed by atoms with E-state index in [-0.39, 0.29) is 18.2 Å². The summed E-state index contributed by atoms with van der Waals surface area (Å²) >= 11 is 4.71. The third-order valence-corrected chi connectivity index (χ3v) is 3.47. The van der Waals surface area contributed by atoms with Crippen LogP contribution in [0.2, 0.25) is 0 Å². The summed E-state index contributed by atoms with van der Waals surface area (Å²) in [6.07, 6.45) is 0.0631. The van der Waals surface area contributed by atoms with Crippen LogP contribution < -0.4 is 5.32 Å². The predicted molar refractivity (Wildman–Crippen MR) is 65.8 cm³/mol. The lowest BCUT2D eigenvalue weighted by Gasteiger charge is -2.09. The lowest BCUT2D eigenvalue weighted by molar-refractivity contribution is -0.137. The molecule has 88 valence electrons.